The first-order valence-corrected chi connectivity index (χ1v) is 11.9. The molecule has 0 saturated heterocycles. The molecule has 0 aliphatic rings. The van der Waals surface area contributed by atoms with Crippen LogP contribution in [-0.2, 0) is 32.1 Å². The van der Waals surface area contributed by atoms with Gasteiger partial charge in [0.1, 0.15) is 6.61 Å². The number of carbonyl (C=O) groups is 3. The second kappa shape index (κ2) is 15.9. The topological polar surface area (TPSA) is 116 Å². The largest absolute Gasteiger partial charge is 0.461 e. The zero-order chi connectivity index (χ0) is 24.9. The zero-order valence-electron chi connectivity index (χ0n) is 20.7. The predicted molar refractivity (Wildman–Crippen MR) is 140 cm³/mol. The van der Waals surface area contributed by atoms with Gasteiger partial charge in [0.05, 0.1) is 6.04 Å². The van der Waals surface area contributed by atoms with E-state index in [1.54, 1.807) is 4.90 Å². The molecule has 2 aromatic rings. The Morgan fingerprint density at radius 1 is 1.00 bits per heavy atom. The van der Waals surface area contributed by atoms with Crippen molar-refractivity contribution >= 4 is 30.2 Å². The normalized spacial score (nSPS) is 12.2. The number of rotatable bonds is 14. The van der Waals surface area contributed by atoms with Crippen molar-refractivity contribution in [3.05, 3.63) is 71.3 Å². The Hall–Kier alpha value is -2.90. The molecule has 2 atom stereocenters. The third-order valence-electron chi connectivity index (χ3n) is 5.67. The molecule has 7 nitrogen and oxygen atoms in total. The molecule has 0 unspecified atom stereocenters. The van der Waals surface area contributed by atoms with Crippen LogP contribution in [0.15, 0.2) is 54.6 Å². The molecular formula is C27H38ClN3O4. The van der Waals surface area contributed by atoms with Crippen LogP contribution in [0.2, 0.25) is 0 Å². The summed E-state index contributed by atoms with van der Waals surface area (Å²) in [6.45, 7) is 4.69. The Kier molecular flexibility index (Phi) is 13.7. The van der Waals surface area contributed by atoms with Gasteiger partial charge in [-0.25, -0.2) is 0 Å². The number of nitrogens with zero attached hydrogens (tertiary/aromatic N) is 1. The number of halogens is 1. The predicted octanol–water partition coefficient (Wildman–Crippen LogP) is 3.68. The highest BCUT2D eigenvalue weighted by Crippen LogP contribution is 2.16. The van der Waals surface area contributed by atoms with Crippen molar-refractivity contribution in [2.45, 2.75) is 71.1 Å². The van der Waals surface area contributed by atoms with Gasteiger partial charge in [0.2, 0.25) is 11.8 Å². The number of carbonyl (C=O) groups excluding carboxylic acids is 3. The fraction of sp³-hybridized carbons (Fsp3) is 0.444. The highest BCUT2D eigenvalue weighted by atomic mass is 35.5. The third-order valence-corrected chi connectivity index (χ3v) is 5.67. The van der Waals surface area contributed by atoms with Gasteiger partial charge in [-0.05, 0) is 43.7 Å². The molecule has 0 saturated carbocycles. The van der Waals surface area contributed by atoms with Gasteiger partial charge in [0.15, 0.2) is 0 Å². The summed E-state index contributed by atoms with van der Waals surface area (Å²) in [5.74, 6) is -1.00. The molecule has 0 heterocycles. The monoisotopic (exact) mass is 503 g/mol. The molecule has 0 aliphatic carbocycles. The van der Waals surface area contributed by atoms with Gasteiger partial charge < -0.3 is 21.1 Å². The van der Waals surface area contributed by atoms with Crippen molar-refractivity contribution < 1.29 is 19.1 Å². The lowest BCUT2D eigenvalue weighted by Gasteiger charge is -2.33. The summed E-state index contributed by atoms with van der Waals surface area (Å²) in [7, 11) is 0. The van der Waals surface area contributed by atoms with Gasteiger partial charge >= 0.3 is 5.97 Å². The number of hydrogen-bond acceptors (Lipinski definition) is 5. The maximum absolute atomic E-state index is 13.2. The van der Waals surface area contributed by atoms with E-state index in [1.165, 1.54) is 0 Å². The Morgan fingerprint density at radius 2 is 1.66 bits per heavy atom. The molecule has 192 valence electrons. The van der Waals surface area contributed by atoms with Gasteiger partial charge in [-0.1, -0.05) is 67.1 Å². The van der Waals surface area contributed by atoms with E-state index in [2.05, 4.69) is 0 Å². The van der Waals surface area contributed by atoms with Crippen molar-refractivity contribution in [2.24, 2.45) is 11.5 Å². The fourth-order valence-electron chi connectivity index (χ4n) is 3.85. The quantitative estimate of drug-likeness (QED) is 0.381. The number of ether oxygens (including phenoxy) is 1. The highest BCUT2D eigenvalue weighted by Gasteiger charge is 2.28. The summed E-state index contributed by atoms with van der Waals surface area (Å²) in [5.41, 5.74) is 14.8. The summed E-state index contributed by atoms with van der Waals surface area (Å²) in [6, 6.07) is 16.3. The molecule has 2 aromatic carbocycles. The molecule has 0 fully saturated rings. The Balaban J connectivity index is 0.00000612. The molecule has 8 heteroatoms. The lowest BCUT2D eigenvalue weighted by atomic mass is 9.98. The van der Waals surface area contributed by atoms with E-state index in [1.807, 2.05) is 68.4 Å². The van der Waals surface area contributed by atoms with Crippen molar-refractivity contribution in [3.63, 3.8) is 0 Å². The van der Waals surface area contributed by atoms with Gasteiger partial charge in [-0.15, -0.1) is 12.4 Å². The van der Waals surface area contributed by atoms with Crippen LogP contribution in [0.1, 0.15) is 55.7 Å². The molecule has 0 aliphatic heterocycles. The number of esters is 1. The number of benzene rings is 2. The van der Waals surface area contributed by atoms with Gasteiger partial charge in [-0.2, -0.15) is 0 Å². The average molecular weight is 504 g/mol. The van der Waals surface area contributed by atoms with Crippen LogP contribution in [0.3, 0.4) is 0 Å². The zero-order valence-corrected chi connectivity index (χ0v) is 21.5. The molecule has 0 radical (unpaired) electrons. The minimum Gasteiger partial charge on any atom is -0.461 e. The van der Waals surface area contributed by atoms with E-state index in [-0.39, 0.29) is 49.8 Å². The van der Waals surface area contributed by atoms with E-state index in [0.717, 1.165) is 23.1 Å². The molecule has 0 spiro atoms. The van der Waals surface area contributed by atoms with E-state index in [9.17, 15) is 14.4 Å². The standard InChI is InChI=1S/C27H37N3O4.ClH/c1-3-16-30(23(18-25(29)31)17-21-14-12-20(2)13-15-21)27(33)24(28)10-7-11-26(32)34-19-22-8-5-4-6-9-22;/h4-6,8-9,12-15,23-24H,3,7,10-11,16-19,28H2,1-2H3,(H2,29,31);1H/t23-,24-;/m0./s1. The molecule has 4 N–H and O–H groups in total. The Labute approximate surface area is 214 Å². The highest BCUT2D eigenvalue weighted by molar-refractivity contribution is 5.85. The summed E-state index contributed by atoms with van der Waals surface area (Å²) in [5, 5.41) is 0. The van der Waals surface area contributed by atoms with E-state index >= 15 is 0 Å². The molecule has 35 heavy (non-hydrogen) atoms. The van der Waals surface area contributed by atoms with Crippen molar-refractivity contribution in [1.82, 2.24) is 4.90 Å². The first-order valence-electron chi connectivity index (χ1n) is 11.9. The van der Waals surface area contributed by atoms with Gasteiger partial charge in [0, 0.05) is 25.4 Å². The van der Waals surface area contributed by atoms with Crippen LogP contribution in [0.25, 0.3) is 0 Å². The van der Waals surface area contributed by atoms with Gasteiger partial charge in [-0.3, -0.25) is 14.4 Å². The number of primary amides is 1. The minimum atomic E-state index is -0.762. The Bertz CT molecular complexity index is 922. The van der Waals surface area contributed by atoms with E-state index in [0.29, 0.717) is 25.8 Å². The van der Waals surface area contributed by atoms with Crippen molar-refractivity contribution in [1.29, 1.82) is 0 Å². The number of aryl methyl sites for hydroxylation is 1. The molecule has 2 amide bonds. The lowest BCUT2D eigenvalue weighted by Crippen LogP contribution is -2.50. The number of hydrogen-bond donors (Lipinski definition) is 2. The maximum atomic E-state index is 13.2. The summed E-state index contributed by atoms with van der Waals surface area (Å²) < 4.78 is 5.29. The fourth-order valence-corrected chi connectivity index (χ4v) is 3.85. The van der Waals surface area contributed by atoms with Crippen LogP contribution in [0.5, 0.6) is 0 Å². The summed E-state index contributed by atoms with van der Waals surface area (Å²) >= 11 is 0. The number of nitrogens with two attached hydrogens (primary N) is 2. The second-order valence-electron chi connectivity index (χ2n) is 8.69. The van der Waals surface area contributed by atoms with Crippen molar-refractivity contribution in [2.75, 3.05) is 6.54 Å². The van der Waals surface area contributed by atoms with Crippen LogP contribution in [0.4, 0.5) is 0 Å². The summed E-state index contributed by atoms with van der Waals surface area (Å²) in [4.78, 5) is 38.7. The smallest absolute Gasteiger partial charge is 0.306 e. The number of amides is 2. The van der Waals surface area contributed by atoms with Crippen LogP contribution < -0.4 is 11.5 Å². The van der Waals surface area contributed by atoms with Crippen molar-refractivity contribution in [3.8, 4) is 0 Å². The minimum absolute atomic E-state index is 0. The van der Waals surface area contributed by atoms with E-state index in [4.69, 9.17) is 16.2 Å². The molecule has 0 bridgehead atoms. The third kappa shape index (κ3) is 10.9. The first-order chi connectivity index (χ1) is 16.3. The van der Waals surface area contributed by atoms with Crippen LogP contribution in [-0.4, -0.2) is 41.3 Å². The molecule has 0 aromatic heterocycles. The molecular weight excluding hydrogens is 466 g/mol. The maximum Gasteiger partial charge on any atom is 0.306 e. The SMILES string of the molecule is CCCN(C(=O)[C@@H](N)CCCC(=O)OCc1ccccc1)[C@H](CC(N)=O)Cc1ccc(C)cc1.Cl. The van der Waals surface area contributed by atoms with Gasteiger partial charge in [0.25, 0.3) is 0 Å². The van der Waals surface area contributed by atoms with Crippen LogP contribution in [0, 0.1) is 6.92 Å². The summed E-state index contributed by atoms with van der Waals surface area (Å²) in [6.07, 6.45) is 2.31. The lowest BCUT2D eigenvalue weighted by molar-refractivity contribution is -0.145. The van der Waals surface area contributed by atoms with Crippen LogP contribution >= 0.6 is 12.4 Å². The Morgan fingerprint density at radius 3 is 2.26 bits per heavy atom. The first kappa shape index (κ1) is 30.1. The molecule has 2 rings (SSSR count). The van der Waals surface area contributed by atoms with E-state index < -0.39 is 11.9 Å². The average Bonchev–Trinajstić information content (AvgIpc) is 2.82. The second-order valence-corrected chi connectivity index (χ2v) is 8.69.